The van der Waals surface area contributed by atoms with Gasteiger partial charge in [-0.3, -0.25) is 9.48 Å². The summed E-state index contributed by atoms with van der Waals surface area (Å²) < 4.78 is 30.4. The van der Waals surface area contributed by atoms with Crippen LogP contribution >= 0.6 is 0 Å². The number of aryl methyl sites for hydroxylation is 1. The largest absolute Gasteiger partial charge is 0.497 e. The fraction of sp³-hybridized carbons (Fsp3) is 0.350. The van der Waals surface area contributed by atoms with Crippen molar-refractivity contribution in [2.45, 2.75) is 26.3 Å². The van der Waals surface area contributed by atoms with Crippen LogP contribution in [0.1, 0.15) is 39.8 Å². The van der Waals surface area contributed by atoms with Crippen LogP contribution in [0.5, 0.6) is 5.75 Å². The molecule has 1 atom stereocenters. The van der Waals surface area contributed by atoms with Crippen LogP contribution < -0.4 is 4.74 Å². The molecule has 0 aliphatic carbocycles. The number of nitriles is 1. The maximum absolute atomic E-state index is 12.8. The number of hydrogen-bond donors (Lipinski definition) is 0. The van der Waals surface area contributed by atoms with Crippen LogP contribution in [0.4, 0.5) is 0 Å². The number of Topliss-reactive ketones (excluding diaryl/α,β-unsaturated/α-hetero) is 1. The van der Waals surface area contributed by atoms with Crippen molar-refractivity contribution in [2.24, 2.45) is 0 Å². The van der Waals surface area contributed by atoms with Crippen molar-refractivity contribution < 1.29 is 17.9 Å². The quantitative estimate of drug-likeness (QED) is 0.435. The number of carbonyl (C=O) groups is 1. The monoisotopic (exact) mass is 399 g/mol. The van der Waals surface area contributed by atoms with Gasteiger partial charge in [-0.25, -0.2) is 8.42 Å². The van der Waals surface area contributed by atoms with Gasteiger partial charge in [-0.2, -0.15) is 10.4 Å². The van der Waals surface area contributed by atoms with Crippen LogP contribution in [-0.4, -0.2) is 42.6 Å². The highest BCUT2D eigenvalue weighted by atomic mass is 32.2. The molecule has 0 amide bonds. The number of sulfone groups is 1. The van der Waals surface area contributed by atoms with Gasteiger partial charge in [0.25, 0.3) is 0 Å². The Morgan fingerprint density at radius 1 is 1.39 bits per heavy atom. The van der Waals surface area contributed by atoms with Crippen molar-refractivity contribution in [3.63, 3.8) is 0 Å². The predicted octanol–water partition coefficient (Wildman–Crippen LogP) is 2.66. The number of aromatic nitrogens is 2. The van der Waals surface area contributed by atoms with E-state index < -0.39 is 15.6 Å². The highest BCUT2D eigenvalue weighted by Crippen LogP contribution is 2.28. The molecular weight excluding hydrogens is 378 g/mol. The number of benzene rings is 1. The third-order valence-electron chi connectivity index (χ3n) is 4.92. The number of methoxy groups -OCH3 is 1. The average molecular weight is 399 g/mol. The lowest BCUT2D eigenvalue weighted by molar-refractivity contribution is 0.103. The van der Waals surface area contributed by atoms with Crippen molar-refractivity contribution in [1.29, 1.82) is 5.26 Å². The average Bonchev–Trinajstić information content (AvgIpc) is 3.18. The molecule has 1 aromatic carbocycles. The molecular formula is C20H21N3O4S. The molecule has 0 N–H and O–H groups in total. The van der Waals surface area contributed by atoms with Crippen LogP contribution in [0.15, 0.2) is 29.8 Å². The second-order valence-corrected chi connectivity index (χ2v) is 9.05. The molecule has 1 aromatic heterocycles. The van der Waals surface area contributed by atoms with Gasteiger partial charge in [-0.1, -0.05) is 12.1 Å². The molecule has 146 valence electrons. The summed E-state index contributed by atoms with van der Waals surface area (Å²) in [6.45, 7) is 3.60. The molecule has 1 saturated heterocycles. The Labute approximate surface area is 164 Å². The molecule has 2 heterocycles. The third-order valence-corrected chi connectivity index (χ3v) is 6.67. The lowest BCUT2D eigenvalue weighted by Crippen LogP contribution is -2.14. The number of allylic oxidation sites excluding steroid dienone is 1. The van der Waals surface area contributed by atoms with Gasteiger partial charge in [0, 0.05) is 16.8 Å². The molecule has 2 aromatic rings. The zero-order valence-electron chi connectivity index (χ0n) is 16.0. The number of ketones is 1. The zero-order chi connectivity index (χ0) is 20.5. The first-order valence-corrected chi connectivity index (χ1v) is 10.6. The normalized spacial score (nSPS) is 18.6. The Balaban J connectivity index is 1.97. The van der Waals surface area contributed by atoms with Crippen molar-refractivity contribution in [2.75, 3.05) is 18.6 Å². The van der Waals surface area contributed by atoms with Crippen LogP contribution in [0, 0.1) is 25.2 Å². The predicted molar refractivity (Wildman–Crippen MR) is 105 cm³/mol. The molecule has 0 unspecified atom stereocenters. The lowest BCUT2D eigenvalue weighted by atomic mass is 10.0. The van der Waals surface area contributed by atoms with Crippen molar-refractivity contribution in [3.05, 3.63) is 52.4 Å². The van der Waals surface area contributed by atoms with E-state index in [1.165, 1.54) is 13.2 Å². The summed E-state index contributed by atoms with van der Waals surface area (Å²) in [5.74, 6) is 0.340. The van der Waals surface area contributed by atoms with Gasteiger partial charge < -0.3 is 4.74 Å². The third kappa shape index (κ3) is 3.85. The minimum Gasteiger partial charge on any atom is -0.497 e. The van der Waals surface area contributed by atoms with Crippen LogP contribution in [0.25, 0.3) is 6.08 Å². The van der Waals surface area contributed by atoms with Crippen LogP contribution in [-0.2, 0) is 9.84 Å². The maximum atomic E-state index is 12.8. The molecule has 1 aliphatic heterocycles. The fourth-order valence-electron chi connectivity index (χ4n) is 3.42. The summed E-state index contributed by atoms with van der Waals surface area (Å²) in [4.78, 5) is 12.8. The molecule has 0 radical (unpaired) electrons. The van der Waals surface area contributed by atoms with Gasteiger partial charge in [0.2, 0.25) is 5.78 Å². The van der Waals surface area contributed by atoms with E-state index in [0.29, 0.717) is 29.0 Å². The topological polar surface area (TPSA) is 102 Å². The number of rotatable bonds is 5. The minimum absolute atomic E-state index is 0.0157. The van der Waals surface area contributed by atoms with Gasteiger partial charge in [0.15, 0.2) is 9.84 Å². The van der Waals surface area contributed by atoms with E-state index in [1.54, 1.807) is 35.9 Å². The van der Waals surface area contributed by atoms with Gasteiger partial charge in [-0.05, 0) is 38.5 Å². The second kappa shape index (κ2) is 7.60. The van der Waals surface area contributed by atoms with E-state index in [2.05, 4.69) is 5.10 Å². The first kappa shape index (κ1) is 19.8. The maximum Gasteiger partial charge on any atom is 0.203 e. The Bertz CT molecular complexity index is 1110. The summed E-state index contributed by atoms with van der Waals surface area (Å²) in [5, 5.41) is 14.0. The summed E-state index contributed by atoms with van der Waals surface area (Å²) >= 11 is 0. The summed E-state index contributed by atoms with van der Waals surface area (Å²) in [5.41, 5.74) is 2.39. The first-order chi connectivity index (χ1) is 13.3. The standard InChI is InChI=1S/C20H21N3O4S/c1-13-19(14(2)23(22-13)17-7-8-28(25,26)12-17)10-16(11-21)20(24)15-5-4-6-18(9-15)27-3/h4-6,9-10,17H,7-8,12H2,1-3H3/b16-10+/t17-/m0/s1. The summed E-state index contributed by atoms with van der Waals surface area (Å²) in [6, 6.07) is 8.38. The highest BCUT2D eigenvalue weighted by Gasteiger charge is 2.31. The number of nitrogens with zero attached hydrogens (tertiary/aromatic N) is 3. The van der Waals surface area contributed by atoms with E-state index in [9.17, 15) is 18.5 Å². The van der Waals surface area contributed by atoms with Crippen LogP contribution in [0.3, 0.4) is 0 Å². The number of carbonyl (C=O) groups excluding carboxylic acids is 1. The number of hydrogen-bond acceptors (Lipinski definition) is 6. The van der Waals surface area contributed by atoms with E-state index in [4.69, 9.17) is 4.74 Å². The smallest absolute Gasteiger partial charge is 0.203 e. The van der Waals surface area contributed by atoms with Gasteiger partial charge in [-0.15, -0.1) is 0 Å². The summed E-state index contributed by atoms with van der Waals surface area (Å²) in [6.07, 6.45) is 2.04. The van der Waals surface area contributed by atoms with E-state index in [-0.39, 0.29) is 23.1 Å². The van der Waals surface area contributed by atoms with Crippen molar-refractivity contribution >= 4 is 21.7 Å². The molecule has 28 heavy (non-hydrogen) atoms. The molecule has 1 aliphatic rings. The Morgan fingerprint density at radius 2 is 2.14 bits per heavy atom. The Kier molecular flexibility index (Phi) is 5.38. The molecule has 7 nitrogen and oxygen atoms in total. The number of ether oxygens (including phenoxy) is 1. The second-order valence-electron chi connectivity index (χ2n) is 6.82. The zero-order valence-corrected chi connectivity index (χ0v) is 16.8. The van der Waals surface area contributed by atoms with Gasteiger partial charge in [0.1, 0.15) is 17.4 Å². The summed E-state index contributed by atoms with van der Waals surface area (Å²) in [7, 11) is -1.53. The Morgan fingerprint density at radius 3 is 2.75 bits per heavy atom. The first-order valence-electron chi connectivity index (χ1n) is 8.82. The molecule has 0 saturated carbocycles. The SMILES string of the molecule is COc1cccc(C(=O)/C(C#N)=C/c2c(C)nn([C@H]3CCS(=O)(=O)C3)c2C)c1. The minimum atomic E-state index is -3.04. The highest BCUT2D eigenvalue weighted by molar-refractivity contribution is 7.91. The molecule has 0 bridgehead atoms. The van der Waals surface area contributed by atoms with E-state index >= 15 is 0 Å². The van der Waals surface area contributed by atoms with E-state index in [0.717, 1.165) is 5.69 Å². The van der Waals surface area contributed by atoms with E-state index in [1.807, 2.05) is 13.0 Å². The molecule has 1 fully saturated rings. The molecule has 8 heteroatoms. The lowest BCUT2D eigenvalue weighted by Gasteiger charge is -2.11. The van der Waals surface area contributed by atoms with Crippen LogP contribution in [0.2, 0.25) is 0 Å². The van der Waals surface area contributed by atoms with Crippen molar-refractivity contribution in [1.82, 2.24) is 9.78 Å². The Hall–Kier alpha value is -2.92. The van der Waals surface area contributed by atoms with Gasteiger partial charge >= 0.3 is 0 Å². The molecule has 3 rings (SSSR count). The molecule has 0 spiro atoms. The van der Waals surface area contributed by atoms with Crippen molar-refractivity contribution in [3.8, 4) is 11.8 Å². The van der Waals surface area contributed by atoms with Gasteiger partial charge in [0.05, 0.1) is 30.4 Å². The fourth-order valence-corrected chi connectivity index (χ4v) is 5.11.